The molecule has 0 amide bonds. The first-order valence-electron chi connectivity index (χ1n) is 8.40. The monoisotopic (exact) mass is 317 g/mol. The summed E-state index contributed by atoms with van der Waals surface area (Å²) in [6, 6.07) is 12.4. The van der Waals surface area contributed by atoms with Crippen molar-refractivity contribution in [3.8, 4) is 0 Å². The lowest BCUT2D eigenvalue weighted by atomic mass is 10.2. The number of nitro benzene ring substituents is 1. The zero-order chi connectivity index (χ0) is 19.2. The van der Waals surface area contributed by atoms with Crippen molar-refractivity contribution < 1.29 is 14.1 Å². The van der Waals surface area contributed by atoms with Crippen LogP contribution in [0.4, 0.5) is 22.7 Å². The summed E-state index contributed by atoms with van der Waals surface area (Å²) in [5.74, 6) is 0. The second-order valence-corrected chi connectivity index (χ2v) is 4.64. The van der Waals surface area contributed by atoms with Crippen LogP contribution in [0, 0.1) is 10.1 Å². The van der Waals surface area contributed by atoms with Gasteiger partial charge in [-0.25, -0.2) is 0 Å². The molecule has 120 valence electrons. The van der Waals surface area contributed by atoms with E-state index in [1.165, 1.54) is 24.3 Å². The molecule has 1 N–H and O–H groups in total. The van der Waals surface area contributed by atoms with Gasteiger partial charge in [-0.05, 0) is 43.3 Å². The van der Waals surface area contributed by atoms with Gasteiger partial charge in [0.2, 0.25) is 0 Å². The maximum Gasteiger partial charge on any atom is 0.269 e. The molecule has 7 nitrogen and oxygen atoms in total. The third kappa shape index (κ3) is 4.58. The fraction of sp³-hybridized carbons (Fsp3) is 0.250. The molecule has 0 heterocycles. The second kappa shape index (κ2) is 8.00. The van der Waals surface area contributed by atoms with Gasteiger partial charge in [-0.3, -0.25) is 10.1 Å². The van der Waals surface area contributed by atoms with E-state index in [1.54, 1.807) is 29.2 Å². The summed E-state index contributed by atoms with van der Waals surface area (Å²) in [5, 5.41) is 27.8. The highest BCUT2D eigenvalue weighted by atomic mass is 16.6. The van der Waals surface area contributed by atoms with Crippen LogP contribution in [0.15, 0.2) is 58.8 Å². The average Bonchev–Trinajstić information content (AvgIpc) is 2.59. The maximum atomic E-state index is 10.6. The van der Waals surface area contributed by atoms with Gasteiger partial charge in [0.1, 0.15) is 0 Å². The van der Waals surface area contributed by atoms with Crippen LogP contribution >= 0.6 is 0 Å². The molecule has 0 unspecified atom stereocenters. The summed E-state index contributed by atoms with van der Waals surface area (Å²) in [7, 11) is 0. The summed E-state index contributed by atoms with van der Waals surface area (Å²) < 4.78 is 22.1. The third-order valence-corrected chi connectivity index (χ3v) is 3.12. The van der Waals surface area contributed by atoms with Crippen molar-refractivity contribution in [3.63, 3.8) is 0 Å². The standard InChI is InChI=1S/C16H18N4O3/c1-2-19(11-12-21)15-7-3-13(4-8-15)17-18-14-5-9-16(10-6-14)20(22)23/h3-10,21H,2,11-12H2,1H3/i1D3. The molecule has 0 bridgehead atoms. The molecule has 0 radical (unpaired) electrons. The number of aliphatic hydroxyl groups is 1. The van der Waals surface area contributed by atoms with E-state index in [9.17, 15) is 10.1 Å². The molecular weight excluding hydrogens is 296 g/mol. The largest absolute Gasteiger partial charge is 0.395 e. The van der Waals surface area contributed by atoms with Crippen LogP contribution in [0.2, 0.25) is 0 Å². The number of hydrogen-bond donors (Lipinski definition) is 1. The Balaban J connectivity index is 2.09. The van der Waals surface area contributed by atoms with Gasteiger partial charge in [-0.1, -0.05) is 0 Å². The first-order valence-corrected chi connectivity index (χ1v) is 6.90. The Kier molecular flexibility index (Phi) is 4.42. The van der Waals surface area contributed by atoms with E-state index in [2.05, 4.69) is 10.2 Å². The zero-order valence-corrected chi connectivity index (χ0v) is 12.3. The fourth-order valence-electron chi connectivity index (χ4n) is 1.91. The number of benzene rings is 2. The van der Waals surface area contributed by atoms with Gasteiger partial charge in [0.05, 0.1) is 22.9 Å². The minimum absolute atomic E-state index is 0.0217. The molecule has 2 rings (SSSR count). The normalized spacial score (nSPS) is 13.3. The lowest BCUT2D eigenvalue weighted by Gasteiger charge is -2.21. The number of aliphatic hydroxyl groups excluding tert-OH is 1. The Morgan fingerprint density at radius 3 is 2.17 bits per heavy atom. The molecule has 0 atom stereocenters. The minimum atomic E-state index is -2.14. The van der Waals surface area contributed by atoms with Gasteiger partial charge in [0.25, 0.3) is 5.69 Å². The summed E-state index contributed by atoms with van der Waals surface area (Å²) in [4.78, 5) is 11.7. The van der Waals surface area contributed by atoms with E-state index in [1.807, 2.05) is 0 Å². The predicted octanol–water partition coefficient (Wildman–Crippen LogP) is 3.83. The van der Waals surface area contributed by atoms with Gasteiger partial charge in [0, 0.05) is 35.0 Å². The van der Waals surface area contributed by atoms with Gasteiger partial charge < -0.3 is 10.0 Å². The van der Waals surface area contributed by atoms with Crippen molar-refractivity contribution in [1.29, 1.82) is 0 Å². The van der Waals surface area contributed by atoms with Crippen LogP contribution in [-0.4, -0.2) is 29.7 Å². The highest BCUT2D eigenvalue weighted by Crippen LogP contribution is 2.23. The Bertz CT molecular complexity index is 762. The van der Waals surface area contributed by atoms with Crippen LogP contribution in [0.5, 0.6) is 0 Å². The van der Waals surface area contributed by atoms with E-state index < -0.39 is 11.8 Å². The Hall–Kier alpha value is -2.80. The summed E-state index contributed by atoms with van der Waals surface area (Å²) in [5.41, 5.74) is 1.66. The molecule has 0 fully saturated rings. The first kappa shape index (κ1) is 12.7. The topological polar surface area (TPSA) is 91.3 Å². The van der Waals surface area contributed by atoms with Crippen LogP contribution in [0.25, 0.3) is 0 Å². The molecule has 0 aliphatic heterocycles. The molecule has 0 aliphatic carbocycles. The van der Waals surface area contributed by atoms with Crippen LogP contribution in [-0.2, 0) is 0 Å². The Labute approximate surface area is 138 Å². The number of nitro groups is 1. The number of hydrogen-bond acceptors (Lipinski definition) is 6. The number of likely N-dealkylation sites (N-methyl/N-ethyl adjacent to an activating group) is 1. The van der Waals surface area contributed by atoms with Crippen molar-refractivity contribution in [2.75, 3.05) is 24.6 Å². The van der Waals surface area contributed by atoms with Gasteiger partial charge in [-0.15, -0.1) is 0 Å². The molecule has 23 heavy (non-hydrogen) atoms. The van der Waals surface area contributed by atoms with Crippen molar-refractivity contribution in [1.82, 2.24) is 0 Å². The molecule has 0 aromatic heterocycles. The van der Waals surface area contributed by atoms with Crippen LogP contribution in [0.1, 0.15) is 11.0 Å². The Morgan fingerprint density at radius 1 is 1.13 bits per heavy atom. The number of azo groups is 1. The van der Waals surface area contributed by atoms with Crippen molar-refractivity contribution in [3.05, 3.63) is 58.6 Å². The van der Waals surface area contributed by atoms with E-state index in [-0.39, 0.29) is 25.4 Å². The smallest absolute Gasteiger partial charge is 0.269 e. The van der Waals surface area contributed by atoms with Crippen LogP contribution in [0.3, 0.4) is 0 Å². The van der Waals surface area contributed by atoms with Crippen molar-refractivity contribution in [2.45, 2.75) is 6.85 Å². The number of non-ortho nitro benzene ring substituents is 1. The molecule has 0 spiro atoms. The summed E-state index contributed by atoms with van der Waals surface area (Å²) in [6.07, 6.45) is 0. The Morgan fingerprint density at radius 2 is 1.70 bits per heavy atom. The first-order chi connectivity index (χ1) is 12.3. The highest BCUT2D eigenvalue weighted by Gasteiger charge is 2.04. The van der Waals surface area contributed by atoms with Crippen molar-refractivity contribution in [2.24, 2.45) is 10.2 Å². The van der Waals surface area contributed by atoms with E-state index in [0.29, 0.717) is 17.1 Å². The molecule has 2 aromatic rings. The lowest BCUT2D eigenvalue weighted by molar-refractivity contribution is -0.384. The quantitative estimate of drug-likeness (QED) is 0.477. The van der Waals surface area contributed by atoms with E-state index in [0.717, 1.165) is 0 Å². The number of anilines is 1. The number of rotatable bonds is 7. The minimum Gasteiger partial charge on any atom is -0.395 e. The molecule has 0 aliphatic rings. The van der Waals surface area contributed by atoms with Gasteiger partial charge in [-0.2, -0.15) is 10.2 Å². The SMILES string of the molecule is [2H]C([2H])([2H])CN(CCO)c1ccc(N=Nc2ccc([N+](=O)[O-])cc2)cc1. The van der Waals surface area contributed by atoms with E-state index >= 15 is 0 Å². The predicted molar refractivity (Wildman–Crippen MR) is 88.7 cm³/mol. The summed E-state index contributed by atoms with van der Waals surface area (Å²) >= 11 is 0. The highest BCUT2D eigenvalue weighted by molar-refractivity contribution is 5.53. The molecular formula is C16H18N4O3. The van der Waals surface area contributed by atoms with Crippen LogP contribution < -0.4 is 4.90 Å². The fourth-order valence-corrected chi connectivity index (χ4v) is 1.91. The molecule has 7 heteroatoms. The molecule has 0 saturated heterocycles. The average molecular weight is 317 g/mol. The summed E-state index contributed by atoms with van der Waals surface area (Å²) in [6.45, 7) is -2.25. The van der Waals surface area contributed by atoms with E-state index in [4.69, 9.17) is 9.22 Å². The third-order valence-electron chi connectivity index (χ3n) is 3.12. The van der Waals surface area contributed by atoms with Gasteiger partial charge >= 0.3 is 0 Å². The number of nitrogens with zero attached hydrogens (tertiary/aromatic N) is 4. The molecule has 0 saturated carbocycles. The maximum absolute atomic E-state index is 10.6. The second-order valence-electron chi connectivity index (χ2n) is 4.64. The van der Waals surface area contributed by atoms with Crippen molar-refractivity contribution >= 4 is 22.7 Å². The lowest BCUT2D eigenvalue weighted by Crippen LogP contribution is -2.25. The molecule has 2 aromatic carbocycles. The zero-order valence-electron chi connectivity index (χ0n) is 15.3. The van der Waals surface area contributed by atoms with Gasteiger partial charge in [0.15, 0.2) is 0 Å².